The molecule has 3 aromatic carbocycles. The van der Waals surface area contributed by atoms with Gasteiger partial charge in [0.1, 0.15) is 5.75 Å². The third kappa shape index (κ3) is 6.57. The lowest BCUT2D eigenvalue weighted by Gasteiger charge is -2.43. The molecule has 36 heteroatoms. The molecule has 1 aliphatic carbocycles. The summed E-state index contributed by atoms with van der Waals surface area (Å²) < 4.78 is 481. The van der Waals surface area contributed by atoms with E-state index in [1.54, 1.807) is 0 Å². The van der Waals surface area contributed by atoms with Crippen LogP contribution in [0.3, 0.4) is 0 Å². The lowest BCUT2D eigenvalue weighted by Crippen LogP contribution is -2.74. The predicted molar refractivity (Wildman–Crippen MR) is 154 cm³/mol. The van der Waals surface area contributed by atoms with Gasteiger partial charge in [0.15, 0.2) is 5.78 Å². The van der Waals surface area contributed by atoms with E-state index >= 15 is 35.1 Å². The van der Waals surface area contributed by atoms with Gasteiger partial charge in [-0.25, -0.2) is 0 Å². The van der Waals surface area contributed by atoms with Gasteiger partial charge in [0.25, 0.3) is 0 Å². The predicted octanol–water partition coefficient (Wildman–Crippen LogP) is 14.7. The Kier molecular flexibility index (Phi) is 12.1. The average Bonchev–Trinajstić information content (AvgIpc) is 3.17. The van der Waals surface area contributed by atoms with Crippen LogP contribution in [0.1, 0.15) is 27.0 Å². The number of ketones is 1. The fourth-order valence-electron chi connectivity index (χ4n) is 6.23. The van der Waals surface area contributed by atoms with Crippen LogP contribution < -0.4 is 0 Å². The van der Waals surface area contributed by atoms with Gasteiger partial charge in [-0.15, -0.1) is 0 Å². The number of phenols is 1. The van der Waals surface area contributed by atoms with Gasteiger partial charge in [0.2, 0.25) is 0 Å². The number of aromatic hydroxyl groups is 1. The zero-order chi connectivity index (χ0) is 54.7. The molecule has 0 bridgehead atoms. The molecule has 0 saturated heterocycles. The Hall–Kier alpha value is -4.99. The quantitative estimate of drug-likeness (QED) is 0.128. The summed E-state index contributed by atoms with van der Waals surface area (Å²) in [6, 6.07) is -2.72. The number of fused-ring (bicyclic) bond motifs is 2. The maximum absolute atomic E-state index is 15.9. The first-order valence-corrected chi connectivity index (χ1v) is 16.4. The first-order valence-electron chi connectivity index (χ1n) is 16.4. The summed E-state index contributed by atoms with van der Waals surface area (Å²) in [5.41, 5.74) is -15.3. The fraction of sp³-hybridized carbons (Fsp3) is 0.485. The lowest BCUT2D eigenvalue weighted by atomic mass is 9.75. The smallest absolute Gasteiger partial charge is 0.460 e. The minimum absolute atomic E-state index is 0.0203. The van der Waals surface area contributed by atoms with Gasteiger partial charge in [-0.3, -0.25) is 4.79 Å². The van der Waals surface area contributed by atoms with Gasteiger partial charge in [-0.1, -0.05) is 36.4 Å². The van der Waals surface area contributed by atoms with E-state index in [0.29, 0.717) is 12.1 Å². The van der Waals surface area contributed by atoms with E-state index in [1.165, 1.54) is 0 Å². The monoisotopic (exact) mass is 1080 g/mol. The van der Waals surface area contributed by atoms with Gasteiger partial charge in [-0.2, -0.15) is 149 Å². The van der Waals surface area contributed by atoms with Crippen LogP contribution in [-0.2, 0) is 11.8 Å². The summed E-state index contributed by atoms with van der Waals surface area (Å²) in [7, 11) is 0. The zero-order valence-electron chi connectivity index (χ0n) is 30.7. The largest absolute Gasteiger partial charge is 0.507 e. The summed E-state index contributed by atoms with van der Waals surface area (Å²) in [4.78, 5) is 13.3. The highest BCUT2D eigenvalue weighted by atomic mass is 19.4. The number of hydrogen-bond donors (Lipinski definition) is 1. The molecule has 1 aliphatic rings. The van der Waals surface area contributed by atoms with Crippen molar-refractivity contribution in [1.82, 2.24) is 0 Å². The molecular weight excluding hydrogens is 1070 g/mol. The van der Waals surface area contributed by atoms with Crippen molar-refractivity contribution in [2.24, 2.45) is 0 Å². The highest BCUT2D eigenvalue weighted by molar-refractivity contribution is 6.28. The number of rotatable bonds is 14. The molecule has 2 nitrogen and oxygen atoms in total. The van der Waals surface area contributed by atoms with Gasteiger partial charge < -0.3 is 5.11 Å². The van der Waals surface area contributed by atoms with Crippen molar-refractivity contribution in [3.05, 3.63) is 64.7 Å². The van der Waals surface area contributed by atoms with E-state index in [2.05, 4.69) is 0 Å². The summed E-state index contributed by atoms with van der Waals surface area (Å²) >= 11 is 0. The van der Waals surface area contributed by atoms with Crippen molar-refractivity contribution in [3.8, 4) is 16.9 Å². The van der Waals surface area contributed by atoms with Crippen LogP contribution in [-0.4, -0.2) is 94.3 Å². The standard InChI is InChI=1S/C33H8F34O2/c34-18(35,20(38,39)22(42,43)24(46,47)26(50,51)28(54,55)30(58,59)32(62,63)64)11-6-5-10-12(7-13(68)16-15(10)14(11)8-3-1-2-4-9(8)17(16)69)19(36,37)21(40,41)23(44,45)25(48,49)27(52,53)29(56,57)31(60,61)33(65,66)67/h1-7,68H. The molecule has 4 rings (SSSR count). The summed E-state index contributed by atoms with van der Waals surface area (Å²) in [6.07, 6.45) is -16.4. The molecule has 0 atom stereocenters. The number of benzene rings is 3. The zero-order valence-corrected chi connectivity index (χ0v) is 30.7. The molecule has 0 aromatic heterocycles. The Labute approximate surface area is 353 Å². The molecule has 0 unspecified atom stereocenters. The van der Waals surface area contributed by atoms with Crippen molar-refractivity contribution in [1.29, 1.82) is 0 Å². The van der Waals surface area contributed by atoms with E-state index in [-0.39, 0.29) is 12.1 Å². The normalized spacial score (nSPS) is 16.3. The minimum atomic E-state index is -9.31. The van der Waals surface area contributed by atoms with Crippen LogP contribution in [0.25, 0.3) is 21.9 Å². The summed E-state index contributed by atoms with van der Waals surface area (Å²) in [6.45, 7) is 0. The SMILES string of the molecule is O=C1c2ccccc2-c2c(C(F)(F)C(F)(F)C(F)(F)C(F)(F)C(F)(F)C(F)(F)C(F)(F)C(F)(F)F)ccc3c(C(F)(F)C(F)(F)C(F)(F)C(F)(F)C(F)(F)C(F)(F)C(F)(F)C(F)(F)F)cc(O)c1c23. The van der Waals surface area contributed by atoms with E-state index < -0.39 is 169 Å². The molecule has 0 radical (unpaired) electrons. The highest BCUT2D eigenvalue weighted by Crippen LogP contribution is 2.68. The van der Waals surface area contributed by atoms with Gasteiger partial charge in [0, 0.05) is 27.6 Å². The lowest BCUT2D eigenvalue weighted by molar-refractivity contribution is -0.462. The van der Waals surface area contributed by atoms with Crippen LogP contribution in [0, 0.1) is 0 Å². The second kappa shape index (κ2) is 14.8. The van der Waals surface area contributed by atoms with Gasteiger partial charge in [0.05, 0.1) is 5.56 Å². The van der Waals surface area contributed by atoms with Crippen LogP contribution >= 0.6 is 0 Å². The number of carbonyl (C=O) groups excluding carboxylic acids is 1. The summed E-state index contributed by atoms with van der Waals surface area (Å²) in [5.74, 6) is -129. The fourth-order valence-corrected chi connectivity index (χ4v) is 6.23. The third-order valence-corrected chi connectivity index (χ3v) is 10.1. The molecular formula is C33H8F34O2. The second-order valence-electron chi connectivity index (χ2n) is 14.1. The van der Waals surface area contributed by atoms with Gasteiger partial charge in [-0.05, 0) is 17.0 Å². The van der Waals surface area contributed by atoms with E-state index in [4.69, 9.17) is 0 Å². The number of phenolic OH excluding ortho intramolecular Hbond substituents is 1. The van der Waals surface area contributed by atoms with Crippen molar-refractivity contribution < 1.29 is 159 Å². The Morgan fingerprint density at radius 1 is 0.319 bits per heavy atom. The van der Waals surface area contributed by atoms with Crippen LogP contribution in [0.4, 0.5) is 149 Å². The molecule has 69 heavy (non-hydrogen) atoms. The number of carbonyl (C=O) groups is 1. The first-order chi connectivity index (χ1) is 30.0. The minimum Gasteiger partial charge on any atom is -0.507 e. The Bertz CT molecular complexity index is 2540. The average molecular weight is 1080 g/mol. The second-order valence-corrected chi connectivity index (χ2v) is 14.1. The topological polar surface area (TPSA) is 37.3 Å². The number of halogens is 34. The highest BCUT2D eigenvalue weighted by Gasteiger charge is 2.97. The van der Waals surface area contributed by atoms with E-state index in [0.717, 1.165) is 0 Å². The molecule has 3 aromatic rings. The molecule has 0 saturated carbocycles. The van der Waals surface area contributed by atoms with Crippen molar-refractivity contribution in [2.75, 3.05) is 0 Å². The third-order valence-electron chi connectivity index (χ3n) is 10.1. The van der Waals surface area contributed by atoms with Gasteiger partial charge >= 0.3 is 95.3 Å². The maximum Gasteiger partial charge on any atom is 0.460 e. The number of hydrogen-bond acceptors (Lipinski definition) is 2. The Morgan fingerprint density at radius 2 is 0.609 bits per heavy atom. The summed E-state index contributed by atoms with van der Waals surface area (Å²) in [5, 5.41) is 5.17. The molecule has 0 amide bonds. The van der Waals surface area contributed by atoms with Crippen LogP contribution in [0.2, 0.25) is 0 Å². The molecule has 0 fully saturated rings. The van der Waals surface area contributed by atoms with Crippen molar-refractivity contribution >= 4 is 16.6 Å². The number of alkyl halides is 34. The van der Waals surface area contributed by atoms with Crippen LogP contribution in [0.15, 0.2) is 42.5 Å². The Balaban J connectivity index is 2.12. The Morgan fingerprint density at radius 3 is 0.942 bits per heavy atom. The van der Waals surface area contributed by atoms with Crippen molar-refractivity contribution in [3.63, 3.8) is 0 Å². The van der Waals surface area contributed by atoms with E-state index in [1.807, 2.05) is 0 Å². The van der Waals surface area contributed by atoms with Crippen LogP contribution in [0.5, 0.6) is 5.75 Å². The first kappa shape index (κ1) is 56.6. The van der Waals surface area contributed by atoms with E-state index in [9.17, 15) is 124 Å². The molecule has 390 valence electrons. The molecule has 0 aliphatic heterocycles. The maximum atomic E-state index is 15.9. The molecule has 1 N–H and O–H groups in total. The molecule has 0 heterocycles. The molecule has 0 spiro atoms. The van der Waals surface area contributed by atoms with Crippen molar-refractivity contribution in [2.45, 2.75) is 95.3 Å².